The van der Waals surface area contributed by atoms with Gasteiger partial charge in [-0.25, -0.2) is 0 Å². The van der Waals surface area contributed by atoms with E-state index in [2.05, 4.69) is 39.5 Å². The molecule has 1 fully saturated rings. The van der Waals surface area contributed by atoms with Crippen molar-refractivity contribution in [3.63, 3.8) is 0 Å². The van der Waals surface area contributed by atoms with Crippen molar-refractivity contribution >= 4 is 28.2 Å². The van der Waals surface area contributed by atoms with E-state index >= 15 is 0 Å². The summed E-state index contributed by atoms with van der Waals surface area (Å²) in [5, 5.41) is 4.03. The maximum absolute atomic E-state index is 12.4. The van der Waals surface area contributed by atoms with Crippen molar-refractivity contribution in [2.24, 2.45) is 0 Å². The Morgan fingerprint density at radius 2 is 1.77 bits per heavy atom. The second-order valence-electron chi connectivity index (χ2n) is 6.79. The maximum Gasteiger partial charge on any atom is 0.224 e. The van der Waals surface area contributed by atoms with Crippen molar-refractivity contribution in [3.05, 3.63) is 66.4 Å². The SMILES string of the molecule is O=C(CCc1ccc(N2CCCC2)cc1)Nc1cccc2cccnc12. The van der Waals surface area contributed by atoms with E-state index in [4.69, 9.17) is 0 Å². The summed E-state index contributed by atoms with van der Waals surface area (Å²) in [7, 11) is 0. The summed E-state index contributed by atoms with van der Waals surface area (Å²) in [4.78, 5) is 19.2. The first-order chi connectivity index (χ1) is 12.8. The predicted molar refractivity (Wildman–Crippen MR) is 107 cm³/mol. The van der Waals surface area contributed by atoms with Crippen molar-refractivity contribution in [2.75, 3.05) is 23.3 Å². The summed E-state index contributed by atoms with van der Waals surface area (Å²) >= 11 is 0. The summed E-state index contributed by atoms with van der Waals surface area (Å²) in [5.74, 6) is 0.0202. The molecule has 4 nitrogen and oxygen atoms in total. The van der Waals surface area contributed by atoms with Crippen LogP contribution in [0.5, 0.6) is 0 Å². The molecular formula is C22H23N3O. The Morgan fingerprint density at radius 3 is 2.58 bits per heavy atom. The number of hydrogen-bond donors (Lipinski definition) is 1. The van der Waals surface area contributed by atoms with Crippen molar-refractivity contribution in [3.8, 4) is 0 Å². The number of carbonyl (C=O) groups is 1. The number of nitrogens with one attached hydrogen (secondary N) is 1. The Hall–Kier alpha value is -2.88. The van der Waals surface area contributed by atoms with Gasteiger partial charge in [0.25, 0.3) is 0 Å². The van der Waals surface area contributed by atoms with Crippen LogP contribution in [0.3, 0.4) is 0 Å². The molecule has 2 aromatic carbocycles. The molecule has 1 aromatic heterocycles. The molecule has 0 unspecified atom stereocenters. The molecule has 0 atom stereocenters. The molecule has 132 valence electrons. The molecule has 0 aliphatic carbocycles. The molecule has 4 rings (SSSR count). The molecule has 0 saturated carbocycles. The van der Waals surface area contributed by atoms with Crippen LogP contribution in [0.15, 0.2) is 60.8 Å². The predicted octanol–water partition coefficient (Wildman–Crippen LogP) is 4.41. The van der Waals surface area contributed by atoms with Gasteiger partial charge in [0.2, 0.25) is 5.91 Å². The largest absolute Gasteiger partial charge is 0.372 e. The zero-order valence-electron chi connectivity index (χ0n) is 14.8. The normalized spacial score (nSPS) is 13.9. The summed E-state index contributed by atoms with van der Waals surface area (Å²) in [6, 6.07) is 18.4. The lowest BCUT2D eigenvalue weighted by atomic mass is 10.1. The number of benzene rings is 2. The van der Waals surface area contributed by atoms with Gasteiger partial charge in [0.1, 0.15) is 0 Å². The lowest BCUT2D eigenvalue weighted by Gasteiger charge is -2.17. The third-order valence-electron chi connectivity index (χ3n) is 4.96. The minimum absolute atomic E-state index is 0.0202. The number of aryl methyl sites for hydroxylation is 1. The lowest BCUT2D eigenvalue weighted by molar-refractivity contribution is -0.116. The second kappa shape index (κ2) is 7.56. The average molecular weight is 345 g/mol. The van der Waals surface area contributed by atoms with Crippen LogP contribution in [0, 0.1) is 0 Å². The van der Waals surface area contributed by atoms with Crippen molar-refractivity contribution in [1.82, 2.24) is 4.98 Å². The minimum Gasteiger partial charge on any atom is -0.372 e. The number of anilines is 2. The molecular weight excluding hydrogens is 322 g/mol. The van der Waals surface area contributed by atoms with Gasteiger partial charge in [-0.3, -0.25) is 9.78 Å². The fourth-order valence-corrected chi connectivity index (χ4v) is 3.52. The van der Waals surface area contributed by atoms with Crippen LogP contribution in [-0.2, 0) is 11.2 Å². The van der Waals surface area contributed by atoms with Gasteiger partial charge in [0.15, 0.2) is 0 Å². The van der Waals surface area contributed by atoms with Crippen LogP contribution >= 0.6 is 0 Å². The summed E-state index contributed by atoms with van der Waals surface area (Å²) in [6.07, 6.45) is 5.52. The van der Waals surface area contributed by atoms with Gasteiger partial charge in [0.05, 0.1) is 11.2 Å². The molecule has 1 aliphatic heterocycles. The second-order valence-corrected chi connectivity index (χ2v) is 6.79. The van der Waals surface area contributed by atoms with Crippen LogP contribution in [0.25, 0.3) is 10.9 Å². The molecule has 2 heterocycles. The number of pyridine rings is 1. The van der Waals surface area contributed by atoms with Crippen LogP contribution in [-0.4, -0.2) is 24.0 Å². The fraction of sp³-hybridized carbons (Fsp3) is 0.273. The lowest BCUT2D eigenvalue weighted by Crippen LogP contribution is -2.17. The van der Waals surface area contributed by atoms with Crippen molar-refractivity contribution in [2.45, 2.75) is 25.7 Å². The third kappa shape index (κ3) is 3.69. The molecule has 1 saturated heterocycles. The van der Waals surface area contributed by atoms with Gasteiger partial charge in [-0.05, 0) is 49.1 Å². The molecule has 3 aromatic rings. The number of fused-ring (bicyclic) bond motifs is 1. The molecule has 0 radical (unpaired) electrons. The molecule has 0 bridgehead atoms. The summed E-state index contributed by atoms with van der Waals surface area (Å²) in [6.45, 7) is 2.31. The van der Waals surface area contributed by atoms with E-state index in [0.29, 0.717) is 6.42 Å². The van der Waals surface area contributed by atoms with Crippen LogP contribution in [0.2, 0.25) is 0 Å². The van der Waals surface area contributed by atoms with Crippen LogP contribution in [0.1, 0.15) is 24.8 Å². The number of rotatable bonds is 5. The Morgan fingerprint density at radius 1 is 1.00 bits per heavy atom. The van der Waals surface area contributed by atoms with Gasteiger partial charge < -0.3 is 10.2 Å². The highest BCUT2D eigenvalue weighted by molar-refractivity contribution is 6.00. The number of aromatic nitrogens is 1. The number of nitrogens with zero attached hydrogens (tertiary/aromatic N) is 2. The number of para-hydroxylation sites is 1. The summed E-state index contributed by atoms with van der Waals surface area (Å²) < 4.78 is 0. The van der Waals surface area contributed by atoms with E-state index in [0.717, 1.165) is 36.1 Å². The first-order valence-corrected chi connectivity index (χ1v) is 9.27. The Balaban J connectivity index is 1.36. The smallest absolute Gasteiger partial charge is 0.224 e. The first kappa shape index (κ1) is 16.6. The van der Waals surface area contributed by atoms with Crippen molar-refractivity contribution in [1.29, 1.82) is 0 Å². The van der Waals surface area contributed by atoms with Gasteiger partial charge in [-0.1, -0.05) is 30.3 Å². The monoisotopic (exact) mass is 345 g/mol. The quantitative estimate of drug-likeness (QED) is 0.745. The summed E-state index contributed by atoms with van der Waals surface area (Å²) in [5.41, 5.74) is 4.09. The number of hydrogen-bond acceptors (Lipinski definition) is 3. The standard InChI is InChI=1S/C22H23N3O/c26-21(24-20-7-3-5-18-6-4-14-23-22(18)20)13-10-17-8-11-19(12-9-17)25-15-1-2-16-25/h3-9,11-12,14H,1-2,10,13,15-16H2,(H,24,26). The molecule has 1 aliphatic rings. The zero-order chi connectivity index (χ0) is 17.8. The highest BCUT2D eigenvalue weighted by atomic mass is 16.1. The number of amides is 1. The van der Waals surface area contributed by atoms with E-state index in [1.54, 1.807) is 6.20 Å². The van der Waals surface area contributed by atoms with Gasteiger partial charge >= 0.3 is 0 Å². The van der Waals surface area contributed by atoms with Crippen LogP contribution < -0.4 is 10.2 Å². The average Bonchev–Trinajstić information content (AvgIpc) is 3.22. The minimum atomic E-state index is 0.0202. The maximum atomic E-state index is 12.4. The van der Waals surface area contributed by atoms with Gasteiger partial charge in [-0.2, -0.15) is 0 Å². The zero-order valence-corrected chi connectivity index (χ0v) is 14.8. The Labute approximate surface area is 153 Å². The van der Waals surface area contributed by atoms with Gasteiger partial charge in [-0.15, -0.1) is 0 Å². The van der Waals surface area contributed by atoms with Gasteiger partial charge in [0, 0.05) is 36.8 Å². The number of carbonyl (C=O) groups excluding carboxylic acids is 1. The molecule has 4 heteroatoms. The molecule has 1 amide bonds. The molecule has 1 N–H and O–H groups in total. The van der Waals surface area contributed by atoms with Crippen molar-refractivity contribution < 1.29 is 4.79 Å². The Bertz CT molecular complexity index is 893. The fourth-order valence-electron chi connectivity index (χ4n) is 3.52. The third-order valence-corrected chi connectivity index (χ3v) is 4.96. The Kier molecular flexibility index (Phi) is 4.82. The highest BCUT2D eigenvalue weighted by Crippen LogP contribution is 2.22. The highest BCUT2D eigenvalue weighted by Gasteiger charge is 2.12. The van der Waals surface area contributed by atoms with E-state index in [-0.39, 0.29) is 5.91 Å². The van der Waals surface area contributed by atoms with E-state index in [1.807, 2.05) is 30.3 Å². The molecule has 0 spiro atoms. The van der Waals surface area contributed by atoms with E-state index in [1.165, 1.54) is 24.1 Å². The molecule has 26 heavy (non-hydrogen) atoms. The van der Waals surface area contributed by atoms with Crippen LogP contribution in [0.4, 0.5) is 11.4 Å². The first-order valence-electron chi connectivity index (χ1n) is 9.27. The topological polar surface area (TPSA) is 45.2 Å². The van der Waals surface area contributed by atoms with E-state index in [9.17, 15) is 4.79 Å². The van der Waals surface area contributed by atoms with E-state index < -0.39 is 0 Å².